The third kappa shape index (κ3) is 5.00. The molecule has 16 heavy (non-hydrogen) atoms. The molecular formula is C14H27NO. The van der Waals surface area contributed by atoms with Crippen molar-refractivity contribution in [3.8, 4) is 0 Å². The van der Waals surface area contributed by atoms with Crippen LogP contribution < -0.4 is 0 Å². The Balaban J connectivity index is 2.21. The first-order valence-electron chi connectivity index (χ1n) is 6.87. The van der Waals surface area contributed by atoms with Crippen molar-refractivity contribution in [3.05, 3.63) is 0 Å². The molecule has 1 saturated heterocycles. The van der Waals surface area contributed by atoms with Crippen LogP contribution in [0.4, 0.5) is 0 Å². The quantitative estimate of drug-likeness (QED) is 0.701. The second-order valence-corrected chi connectivity index (χ2v) is 5.72. The van der Waals surface area contributed by atoms with E-state index in [1.165, 1.54) is 32.1 Å². The van der Waals surface area contributed by atoms with Gasteiger partial charge in [-0.25, -0.2) is 0 Å². The first-order valence-corrected chi connectivity index (χ1v) is 6.87. The molecule has 0 bridgehead atoms. The van der Waals surface area contributed by atoms with Gasteiger partial charge in [0.05, 0.1) is 0 Å². The molecule has 0 radical (unpaired) electrons. The van der Waals surface area contributed by atoms with E-state index in [4.69, 9.17) is 0 Å². The molecule has 1 amide bonds. The molecule has 0 aromatic rings. The molecule has 1 aliphatic heterocycles. The molecule has 1 rings (SSSR count). The third-order valence-corrected chi connectivity index (χ3v) is 3.47. The second-order valence-electron chi connectivity index (χ2n) is 5.72. The van der Waals surface area contributed by atoms with E-state index in [9.17, 15) is 4.79 Å². The number of nitrogens with zero attached hydrogens (tertiary/aromatic N) is 1. The fraction of sp³-hybridized carbons (Fsp3) is 0.929. The van der Waals surface area contributed by atoms with Crippen LogP contribution in [0, 0.1) is 11.8 Å². The van der Waals surface area contributed by atoms with Gasteiger partial charge in [-0.3, -0.25) is 4.79 Å². The maximum atomic E-state index is 12.0. The van der Waals surface area contributed by atoms with E-state index in [2.05, 4.69) is 25.7 Å². The minimum absolute atomic E-state index is 0.385. The van der Waals surface area contributed by atoms with Gasteiger partial charge in [0.1, 0.15) is 0 Å². The summed E-state index contributed by atoms with van der Waals surface area (Å²) in [7, 11) is 0. The minimum atomic E-state index is 0.385. The predicted molar refractivity (Wildman–Crippen MR) is 68.3 cm³/mol. The van der Waals surface area contributed by atoms with Crippen LogP contribution in [0.2, 0.25) is 0 Å². The molecule has 1 fully saturated rings. The van der Waals surface area contributed by atoms with Gasteiger partial charge in [-0.05, 0) is 37.5 Å². The van der Waals surface area contributed by atoms with Gasteiger partial charge in [0.25, 0.3) is 0 Å². The zero-order valence-electron chi connectivity index (χ0n) is 11.2. The van der Waals surface area contributed by atoms with Crippen LogP contribution in [0.5, 0.6) is 0 Å². The fourth-order valence-electron chi connectivity index (χ4n) is 2.29. The topological polar surface area (TPSA) is 20.3 Å². The van der Waals surface area contributed by atoms with Crippen LogP contribution in [0.1, 0.15) is 59.3 Å². The van der Waals surface area contributed by atoms with Crippen LogP contribution >= 0.6 is 0 Å². The number of piperidine rings is 1. The highest BCUT2D eigenvalue weighted by Crippen LogP contribution is 2.17. The molecular weight excluding hydrogens is 198 g/mol. The molecule has 0 aliphatic carbocycles. The molecule has 0 aromatic heterocycles. The normalized spacial score (nSPS) is 18.9. The Hall–Kier alpha value is -0.530. The summed E-state index contributed by atoms with van der Waals surface area (Å²) < 4.78 is 0. The number of hydrogen-bond acceptors (Lipinski definition) is 1. The molecule has 0 spiro atoms. The Morgan fingerprint density at radius 1 is 1.06 bits per heavy atom. The van der Waals surface area contributed by atoms with Gasteiger partial charge in [-0.1, -0.05) is 27.2 Å². The zero-order chi connectivity index (χ0) is 12.0. The van der Waals surface area contributed by atoms with Crippen molar-refractivity contribution in [1.29, 1.82) is 0 Å². The molecule has 94 valence electrons. The van der Waals surface area contributed by atoms with Crippen molar-refractivity contribution >= 4 is 5.91 Å². The van der Waals surface area contributed by atoms with Gasteiger partial charge in [0.2, 0.25) is 5.91 Å². The lowest BCUT2D eigenvalue weighted by atomic mass is 9.96. The van der Waals surface area contributed by atoms with Crippen LogP contribution in [0.15, 0.2) is 0 Å². The number of carbonyl (C=O) groups is 1. The molecule has 0 aromatic carbocycles. The summed E-state index contributed by atoms with van der Waals surface area (Å²) in [6.45, 7) is 8.70. The van der Waals surface area contributed by atoms with Gasteiger partial charge in [-0.2, -0.15) is 0 Å². The highest BCUT2D eigenvalue weighted by Gasteiger charge is 2.18. The zero-order valence-corrected chi connectivity index (χ0v) is 11.2. The highest BCUT2D eigenvalue weighted by atomic mass is 16.2. The van der Waals surface area contributed by atoms with Crippen LogP contribution in [0.25, 0.3) is 0 Å². The molecule has 1 atom stereocenters. The Morgan fingerprint density at radius 2 is 1.69 bits per heavy atom. The molecule has 0 N–H and O–H groups in total. The average molecular weight is 225 g/mol. The maximum absolute atomic E-state index is 12.0. The Bertz CT molecular complexity index is 207. The lowest BCUT2D eigenvalue weighted by Crippen LogP contribution is -2.36. The fourth-order valence-corrected chi connectivity index (χ4v) is 2.29. The van der Waals surface area contributed by atoms with Gasteiger partial charge < -0.3 is 4.90 Å². The molecule has 1 heterocycles. The summed E-state index contributed by atoms with van der Waals surface area (Å²) in [5.41, 5.74) is 0. The maximum Gasteiger partial charge on any atom is 0.222 e. The third-order valence-electron chi connectivity index (χ3n) is 3.47. The first-order chi connectivity index (χ1) is 7.59. The van der Waals surface area contributed by atoms with Gasteiger partial charge >= 0.3 is 0 Å². The molecule has 2 heteroatoms. The highest BCUT2D eigenvalue weighted by molar-refractivity contribution is 5.76. The summed E-state index contributed by atoms with van der Waals surface area (Å²) in [6, 6.07) is 0. The van der Waals surface area contributed by atoms with Crippen molar-refractivity contribution in [1.82, 2.24) is 4.90 Å². The molecule has 1 aliphatic rings. The standard InChI is InChI=1S/C14H27NO/c1-12(2)7-8-13(3)11-14(16)15-9-5-4-6-10-15/h12-13H,4-11H2,1-3H3. The molecule has 2 nitrogen and oxygen atoms in total. The van der Waals surface area contributed by atoms with Crippen LogP contribution in [-0.4, -0.2) is 23.9 Å². The van der Waals surface area contributed by atoms with Gasteiger partial charge in [-0.15, -0.1) is 0 Å². The van der Waals surface area contributed by atoms with E-state index >= 15 is 0 Å². The lowest BCUT2D eigenvalue weighted by molar-refractivity contribution is -0.133. The summed E-state index contributed by atoms with van der Waals surface area (Å²) in [5.74, 6) is 1.69. The van der Waals surface area contributed by atoms with E-state index in [-0.39, 0.29) is 0 Å². The number of carbonyl (C=O) groups excluding carboxylic acids is 1. The largest absolute Gasteiger partial charge is 0.343 e. The Kier molecular flexibility index (Phi) is 5.86. The summed E-state index contributed by atoms with van der Waals surface area (Å²) in [5, 5.41) is 0. The van der Waals surface area contributed by atoms with Crippen molar-refractivity contribution in [2.75, 3.05) is 13.1 Å². The van der Waals surface area contributed by atoms with Crippen molar-refractivity contribution in [2.45, 2.75) is 59.3 Å². The predicted octanol–water partition coefficient (Wildman–Crippen LogP) is 3.46. The van der Waals surface area contributed by atoms with E-state index < -0.39 is 0 Å². The van der Waals surface area contributed by atoms with Crippen LogP contribution in [0.3, 0.4) is 0 Å². The number of amides is 1. The van der Waals surface area contributed by atoms with E-state index in [0.717, 1.165) is 25.4 Å². The first kappa shape index (κ1) is 13.5. The number of hydrogen-bond donors (Lipinski definition) is 0. The van der Waals surface area contributed by atoms with Crippen molar-refractivity contribution in [2.24, 2.45) is 11.8 Å². The van der Waals surface area contributed by atoms with Crippen molar-refractivity contribution < 1.29 is 4.79 Å². The number of likely N-dealkylation sites (tertiary alicyclic amines) is 1. The molecule has 0 saturated carbocycles. The average Bonchev–Trinajstić information content (AvgIpc) is 2.27. The SMILES string of the molecule is CC(C)CCC(C)CC(=O)N1CCCCC1. The van der Waals surface area contributed by atoms with E-state index in [0.29, 0.717) is 11.8 Å². The number of rotatable bonds is 5. The Labute approximate surface area is 100 Å². The van der Waals surface area contributed by atoms with E-state index in [1.807, 2.05) is 0 Å². The Morgan fingerprint density at radius 3 is 2.25 bits per heavy atom. The van der Waals surface area contributed by atoms with E-state index in [1.54, 1.807) is 0 Å². The summed E-state index contributed by atoms with van der Waals surface area (Å²) >= 11 is 0. The minimum Gasteiger partial charge on any atom is -0.343 e. The monoisotopic (exact) mass is 225 g/mol. The van der Waals surface area contributed by atoms with Gasteiger partial charge in [0, 0.05) is 19.5 Å². The smallest absolute Gasteiger partial charge is 0.222 e. The lowest BCUT2D eigenvalue weighted by Gasteiger charge is -2.28. The second kappa shape index (κ2) is 6.93. The van der Waals surface area contributed by atoms with Crippen molar-refractivity contribution in [3.63, 3.8) is 0 Å². The van der Waals surface area contributed by atoms with Gasteiger partial charge in [0.15, 0.2) is 0 Å². The summed E-state index contributed by atoms with van der Waals surface area (Å²) in [4.78, 5) is 14.0. The van der Waals surface area contributed by atoms with Crippen LogP contribution in [-0.2, 0) is 4.79 Å². The summed E-state index contributed by atoms with van der Waals surface area (Å²) in [6.07, 6.45) is 6.89. The molecule has 1 unspecified atom stereocenters.